The van der Waals surface area contributed by atoms with Crippen molar-refractivity contribution in [3.63, 3.8) is 0 Å². The van der Waals surface area contributed by atoms with Gasteiger partial charge in [0.05, 0.1) is 30.9 Å². The van der Waals surface area contributed by atoms with Gasteiger partial charge in [0.2, 0.25) is 5.91 Å². The third kappa shape index (κ3) is 6.15. The summed E-state index contributed by atoms with van der Waals surface area (Å²) in [5.41, 5.74) is 1.88. The second-order valence-electron chi connectivity index (χ2n) is 11.0. The summed E-state index contributed by atoms with van der Waals surface area (Å²) in [5, 5.41) is 7.53. The highest BCUT2D eigenvalue weighted by molar-refractivity contribution is 5.96. The Morgan fingerprint density at radius 1 is 1.21 bits per heavy atom. The van der Waals surface area contributed by atoms with Gasteiger partial charge in [0.15, 0.2) is 0 Å². The van der Waals surface area contributed by atoms with Crippen molar-refractivity contribution in [2.45, 2.75) is 91.4 Å². The van der Waals surface area contributed by atoms with Gasteiger partial charge >= 0.3 is 12.7 Å². The molecule has 0 radical (unpaired) electrons. The molecule has 2 unspecified atom stereocenters. The summed E-state index contributed by atoms with van der Waals surface area (Å²) in [7, 11) is 0. The Bertz CT molecular complexity index is 1240. The number of carbonyl (C=O) groups excluding carboxylic acids is 3. The number of ether oxygens (including phenoxy) is 2. The molecule has 12 heteroatoms. The predicted molar refractivity (Wildman–Crippen MR) is 137 cm³/mol. The van der Waals surface area contributed by atoms with Gasteiger partial charge < -0.3 is 24.6 Å². The molecule has 3 heterocycles. The summed E-state index contributed by atoms with van der Waals surface area (Å²) in [6.45, 7) is 8.38. The Hall–Kier alpha value is -3.70. The molecule has 2 aliphatic rings. The van der Waals surface area contributed by atoms with E-state index in [4.69, 9.17) is 9.84 Å². The molecule has 3 atom stereocenters. The summed E-state index contributed by atoms with van der Waals surface area (Å²) in [6, 6.07) is 5.10. The first kappa shape index (κ1) is 28.3. The van der Waals surface area contributed by atoms with Gasteiger partial charge in [0, 0.05) is 31.5 Å². The van der Waals surface area contributed by atoms with E-state index in [1.807, 2.05) is 13.8 Å². The van der Waals surface area contributed by atoms with Crippen molar-refractivity contribution in [2.75, 3.05) is 6.54 Å². The highest BCUT2D eigenvalue weighted by Gasteiger charge is 2.42. The van der Waals surface area contributed by atoms with E-state index in [-0.39, 0.29) is 36.7 Å². The number of alkyl halides is 2. The van der Waals surface area contributed by atoms with Crippen molar-refractivity contribution in [2.24, 2.45) is 0 Å². The molecule has 3 amide bonds. The molecule has 0 fully saturated rings. The van der Waals surface area contributed by atoms with Crippen LogP contribution in [0.25, 0.3) is 0 Å². The number of fused-ring (bicyclic) bond motifs is 3. The fraction of sp³-hybridized carbons (Fsp3) is 0.556. The lowest BCUT2D eigenvalue weighted by Gasteiger charge is -2.41. The van der Waals surface area contributed by atoms with Crippen LogP contribution < -0.4 is 10.1 Å². The average Bonchev–Trinajstić information content (AvgIpc) is 3.18. The number of nitrogens with zero attached hydrogens (tertiary/aromatic N) is 4. The van der Waals surface area contributed by atoms with Crippen molar-refractivity contribution in [1.29, 1.82) is 0 Å². The van der Waals surface area contributed by atoms with Gasteiger partial charge in [-0.15, -0.1) is 0 Å². The number of halogens is 2. The molecule has 0 bridgehead atoms. The summed E-state index contributed by atoms with van der Waals surface area (Å²) in [6.07, 6.45) is 0.0167. The Kier molecular flexibility index (Phi) is 7.85. The van der Waals surface area contributed by atoms with Crippen molar-refractivity contribution in [1.82, 2.24) is 24.9 Å². The highest BCUT2D eigenvalue weighted by atomic mass is 19.3. The molecule has 0 spiro atoms. The Balaban J connectivity index is 1.67. The van der Waals surface area contributed by atoms with Gasteiger partial charge in [-0.25, -0.2) is 4.79 Å². The first-order chi connectivity index (χ1) is 18.2. The fourth-order valence-electron chi connectivity index (χ4n) is 5.11. The number of nitrogens with one attached hydrogen (secondary N) is 1. The average molecular weight is 548 g/mol. The lowest BCUT2D eigenvalue weighted by atomic mass is 9.97. The van der Waals surface area contributed by atoms with Crippen LogP contribution in [0, 0.1) is 0 Å². The molecule has 2 aliphatic heterocycles. The Morgan fingerprint density at radius 3 is 2.46 bits per heavy atom. The zero-order valence-electron chi connectivity index (χ0n) is 23.0. The van der Waals surface area contributed by atoms with E-state index < -0.39 is 30.4 Å². The smallest absolute Gasteiger partial charge is 0.410 e. The molecule has 2 aromatic rings. The molecular formula is C27H35F2N5O5. The highest BCUT2D eigenvalue weighted by Crippen LogP contribution is 2.35. The van der Waals surface area contributed by atoms with Gasteiger partial charge in [-0.2, -0.15) is 13.9 Å². The zero-order chi connectivity index (χ0) is 28.6. The third-order valence-electron chi connectivity index (χ3n) is 6.92. The summed E-state index contributed by atoms with van der Waals surface area (Å²) in [4.78, 5) is 42.1. The van der Waals surface area contributed by atoms with Crippen LogP contribution >= 0.6 is 0 Å². The molecule has 1 aromatic carbocycles. The molecule has 0 saturated carbocycles. The summed E-state index contributed by atoms with van der Waals surface area (Å²) >= 11 is 0. The van der Waals surface area contributed by atoms with Gasteiger partial charge in [0.1, 0.15) is 17.0 Å². The fourth-order valence-corrected chi connectivity index (χ4v) is 5.11. The van der Waals surface area contributed by atoms with E-state index in [0.29, 0.717) is 29.8 Å². The maximum absolute atomic E-state index is 14.1. The van der Waals surface area contributed by atoms with Gasteiger partial charge in [-0.3, -0.25) is 14.3 Å². The standard InChI is InChI=1S/C27H35F2N5O5/c1-15-11-22-21(14-32(15)26(37)39-27(4,5)6)23-24(36)34(19(12-30-17(3)35)13-33(23)31-22)16(2)18-7-9-20(10-8-18)38-25(28)29/h7-10,15-16,19,25H,11-14H2,1-6H3,(H,30,35)/t15-,16?,19?/m1/s1. The molecule has 4 rings (SSSR count). The number of rotatable bonds is 6. The Morgan fingerprint density at radius 2 is 1.87 bits per heavy atom. The minimum absolute atomic E-state index is 0.0178. The summed E-state index contributed by atoms with van der Waals surface area (Å²) in [5.74, 6) is -0.496. The van der Waals surface area contributed by atoms with E-state index in [0.717, 1.165) is 5.69 Å². The largest absolute Gasteiger partial charge is 0.444 e. The molecule has 212 valence electrons. The number of amides is 3. The van der Waals surface area contributed by atoms with Crippen molar-refractivity contribution < 1.29 is 32.6 Å². The van der Waals surface area contributed by atoms with Crippen LogP contribution in [0.2, 0.25) is 0 Å². The molecular weight excluding hydrogens is 512 g/mol. The van der Waals surface area contributed by atoms with Crippen molar-refractivity contribution in [3.05, 3.63) is 46.8 Å². The number of benzene rings is 1. The molecule has 0 aliphatic carbocycles. The lowest BCUT2D eigenvalue weighted by molar-refractivity contribution is -0.119. The second kappa shape index (κ2) is 10.8. The van der Waals surface area contributed by atoms with Gasteiger partial charge in [-0.1, -0.05) is 12.1 Å². The van der Waals surface area contributed by atoms with E-state index in [9.17, 15) is 23.2 Å². The monoisotopic (exact) mass is 547 g/mol. The maximum Gasteiger partial charge on any atom is 0.410 e. The lowest BCUT2D eigenvalue weighted by Crippen LogP contribution is -2.54. The molecule has 10 nitrogen and oxygen atoms in total. The van der Waals surface area contributed by atoms with Crippen LogP contribution in [-0.2, 0) is 29.0 Å². The first-order valence-corrected chi connectivity index (χ1v) is 12.9. The molecule has 1 aromatic heterocycles. The van der Waals surface area contributed by atoms with Crippen LogP contribution in [0.15, 0.2) is 24.3 Å². The number of hydrogen-bond donors (Lipinski definition) is 1. The van der Waals surface area contributed by atoms with Crippen LogP contribution in [0.5, 0.6) is 5.75 Å². The minimum Gasteiger partial charge on any atom is -0.444 e. The van der Waals surface area contributed by atoms with Gasteiger partial charge in [0.25, 0.3) is 5.91 Å². The topological polar surface area (TPSA) is 106 Å². The van der Waals surface area contributed by atoms with E-state index in [1.54, 1.807) is 47.4 Å². The van der Waals surface area contributed by atoms with E-state index in [1.165, 1.54) is 19.1 Å². The number of hydrogen-bond acceptors (Lipinski definition) is 6. The minimum atomic E-state index is -2.94. The zero-order valence-corrected chi connectivity index (χ0v) is 23.0. The quantitative estimate of drug-likeness (QED) is 0.588. The van der Waals surface area contributed by atoms with Crippen molar-refractivity contribution >= 4 is 17.9 Å². The second-order valence-corrected chi connectivity index (χ2v) is 11.0. The SMILES string of the molecule is CC(=O)NCC1Cn2nc3c(c2C(=O)N1C(C)c1ccc(OC(F)F)cc1)CN(C(=O)OC(C)(C)C)[C@H](C)C3. The normalized spacial score (nSPS) is 19.9. The van der Waals surface area contributed by atoms with E-state index in [2.05, 4.69) is 10.1 Å². The van der Waals surface area contributed by atoms with Crippen LogP contribution in [-0.4, -0.2) is 68.3 Å². The maximum atomic E-state index is 14.1. The van der Waals surface area contributed by atoms with Crippen LogP contribution in [0.3, 0.4) is 0 Å². The van der Waals surface area contributed by atoms with Crippen molar-refractivity contribution in [3.8, 4) is 5.75 Å². The number of carbonyl (C=O) groups is 3. The molecule has 39 heavy (non-hydrogen) atoms. The van der Waals surface area contributed by atoms with Crippen LogP contribution in [0.4, 0.5) is 13.6 Å². The Labute approximate surface area is 226 Å². The predicted octanol–water partition coefficient (Wildman–Crippen LogP) is 3.89. The number of aromatic nitrogens is 2. The summed E-state index contributed by atoms with van der Waals surface area (Å²) < 4.78 is 36.9. The van der Waals surface area contributed by atoms with Gasteiger partial charge in [-0.05, 0) is 52.3 Å². The first-order valence-electron chi connectivity index (χ1n) is 12.9. The van der Waals surface area contributed by atoms with E-state index >= 15 is 0 Å². The molecule has 0 saturated heterocycles. The van der Waals surface area contributed by atoms with Crippen LogP contribution in [0.1, 0.15) is 74.9 Å². The third-order valence-corrected chi connectivity index (χ3v) is 6.92. The molecule has 1 N–H and O–H groups in total.